The summed E-state index contributed by atoms with van der Waals surface area (Å²) in [6.07, 6.45) is 3.66. The number of carbonyl (C=O) groups excluding carboxylic acids is 2. The van der Waals surface area contributed by atoms with Crippen molar-refractivity contribution in [2.75, 3.05) is 13.1 Å². The van der Waals surface area contributed by atoms with Crippen molar-refractivity contribution in [3.05, 3.63) is 76.4 Å². The molecule has 0 aromatic heterocycles. The third-order valence-corrected chi connectivity index (χ3v) is 5.02. The number of nitrogens with one attached hydrogen (secondary N) is 1. The molecule has 0 bridgehead atoms. The summed E-state index contributed by atoms with van der Waals surface area (Å²) in [5.74, 6) is 0.173. The number of halogens is 1. The van der Waals surface area contributed by atoms with Crippen LogP contribution in [-0.2, 0) is 4.79 Å². The van der Waals surface area contributed by atoms with Gasteiger partial charge in [0.2, 0.25) is 0 Å². The predicted molar refractivity (Wildman–Crippen MR) is 108 cm³/mol. The molecule has 27 heavy (non-hydrogen) atoms. The van der Waals surface area contributed by atoms with Gasteiger partial charge in [-0.1, -0.05) is 48.9 Å². The van der Waals surface area contributed by atoms with E-state index in [1.807, 2.05) is 23.1 Å². The minimum atomic E-state index is -0.297. The largest absolute Gasteiger partial charge is 0.337 e. The number of piperidine rings is 1. The number of benzene rings is 2. The van der Waals surface area contributed by atoms with Gasteiger partial charge in [-0.05, 0) is 54.7 Å². The van der Waals surface area contributed by atoms with Gasteiger partial charge in [0, 0.05) is 23.7 Å². The Morgan fingerprint density at radius 2 is 1.67 bits per heavy atom. The summed E-state index contributed by atoms with van der Waals surface area (Å²) in [6, 6.07) is 16.1. The molecular weight excluding hydrogens is 360 g/mol. The maximum Gasteiger partial charge on any atom is 0.270 e. The maximum atomic E-state index is 13.1. The molecule has 0 atom stereocenters. The highest BCUT2D eigenvalue weighted by molar-refractivity contribution is 6.30. The predicted octanol–water partition coefficient (Wildman–Crippen LogP) is 4.37. The van der Waals surface area contributed by atoms with E-state index >= 15 is 0 Å². The third-order valence-electron chi connectivity index (χ3n) is 4.77. The summed E-state index contributed by atoms with van der Waals surface area (Å²) < 4.78 is 0. The molecule has 1 aliphatic rings. The molecule has 0 radical (unpaired) electrons. The van der Waals surface area contributed by atoms with Gasteiger partial charge in [0.25, 0.3) is 11.8 Å². The van der Waals surface area contributed by atoms with Gasteiger partial charge in [0.15, 0.2) is 0 Å². The lowest BCUT2D eigenvalue weighted by molar-refractivity contribution is -0.128. The Labute approximate surface area is 164 Å². The number of nitrogens with zero attached hydrogens (tertiary/aromatic N) is 1. The van der Waals surface area contributed by atoms with Crippen molar-refractivity contribution in [2.24, 2.45) is 5.92 Å². The van der Waals surface area contributed by atoms with Crippen molar-refractivity contribution < 1.29 is 9.59 Å². The summed E-state index contributed by atoms with van der Waals surface area (Å²) in [5, 5.41) is 3.43. The summed E-state index contributed by atoms with van der Waals surface area (Å²) in [4.78, 5) is 27.5. The normalized spacial score (nSPS) is 15.5. The Morgan fingerprint density at radius 3 is 2.30 bits per heavy atom. The lowest BCUT2D eigenvalue weighted by Gasteiger charge is -2.31. The highest BCUT2D eigenvalue weighted by atomic mass is 35.5. The molecule has 0 aliphatic carbocycles. The number of carbonyl (C=O) groups is 2. The van der Waals surface area contributed by atoms with Gasteiger partial charge in [-0.25, -0.2) is 0 Å². The second-order valence-electron chi connectivity index (χ2n) is 6.90. The molecule has 2 aromatic rings. The van der Waals surface area contributed by atoms with Crippen LogP contribution in [0.2, 0.25) is 5.02 Å². The van der Waals surface area contributed by atoms with Crippen molar-refractivity contribution in [1.82, 2.24) is 10.2 Å². The third kappa shape index (κ3) is 5.20. The Bertz CT molecular complexity index is 823. The van der Waals surface area contributed by atoms with E-state index < -0.39 is 0 Å². The molecule has 4 nitrogen and oxygen atoms in total. The molecule has 0 unspecified atom stereocenters. The minimum Gasteiger partial charge on any atom is -0.337 e. The van der Waals surface area contributed by atoms with Crippen molar-refractivity contribution in [2.45, 2.75) is 19.8 Å². The maximum absolute atomic E-state index is 13.1. The van der Waals surface area contributed by atoms with Crippen LogP contribution < -0.4 is 5.32 Å². The highest BCUT2D eigenvalue weighted by Crippen LogP contribution is 2.19. The van der Waals surface area contributed by atoms with Crippen molar-refractivity contribution >= 4 is 29.5 Å². The van der Waals surface area contributed by atoms with Gasteiger partial charge in [0.05, 0.1) is 0 Å². The van der Waals surface area contributed by atoms with Gasteiger partial charge in [0.1, 0.15) is 5.70 Å². The van der Waals surface area contributed by atoms with Gasteiger partial charge in [-0.15, -0.1) is 0 Å². The fourth-order valence-electron chi connectivity index (χ4n) is 3.04. The Balaban J connectivity index is 1.85. The lowest BCUT2D eigenvalue weighted by Crippen LogP contribution is -2.42. The molecule has 1 heterocycles. The van der Waals surface area contributed by atoms with E-state index in [2.05, 4.69) is 12.2 Å². The van der Waals surface area contributed by atoms with Crippen molar-refractivity contribution in [3.63, 3.8) is 0 Å². The first-order valence-electron chi connectivity index (χ1n) is 9.16. The molecule has 0 spiro atoms. The summed E-state index contributed by atoms with van der Waals surface area (Å²) >= 11 is 5.94. The Hall–Kier alpha value is -2.59. The first-order chi connectivity index (χ1) is 13.0. The van der Waals surface area contributed by atoms with Crippen LogP contribution in [0, 0.1) is 5.92 Å². The zero-order valence-corrected chi connectivity index (χ0v) is 16.1. The van der Waals surface area contributed by atoms with Crippen LogP contribution in [0.25, 0.3) is 6.08 Å². The molecule has 3 rings (SSSR count). The van der Waals surface area contributed by atoms with Crippen molar-refractivity contribution in [3.8, 4) is 0 Å². The Kier molecular flexibility index (Phi) is 6.30. The monoisotopic (exact) mass is 382 g/mol. The molecular formula is C22H23ClN2O2. The summed E-state index contributed by atoms with van der Waals surface area (Å²) in [5.41, 5.74) is 1.60. The molecule has 5 heteroatoms. The first kappa shape index (κ1) is 19.2. The van der Waals surface area contributed by atoms with Crippen LogP contribution in [0.3, 0.4) is 0 Å². The lowest BCUT2D eigenvalue weighted by atomic mass is 9.99. The first-order valence-corrected chi connectivity index (χ1v) is 9.53. The number of amides is 2. The quantitative estimate of drug-likeness (QED) is 0.798. The molecule has 1 N–H and O–H groups in total. The molecule has 2 amide bonds. The van der Waals surface area contributed by atoms with E-state index in [0.29, 0.717) is 29.6 Å². The van der Waals surface area contributed by atoms with E-state index in [-0.39, 0.29) is 17.5 Å². The van der Waals surface area contributed by atoms with Gasteiger partial charge < -0.3 is 10.2 Å². The average Bonchev–Trinajstić information content (AvgIpc) is 2.70. The van der Waals surface area contributed by atoms with Crippen molar-refractivity contribution in [1.29, 1.82) is 0 Å². The molecule has 1 aliphatic heterocycles. The van der Waals surface area contributed by atoms with Crippen LogP contribution in [-0.4, -0.2) is 29.8 Å². The summed E-state index contributed by atoms with van der Waals surface area (Å²) in [7, 11) is 0. The molecule has 2 aromatic carbocycles. The molecule has 1 fully saturated rings. The molecule has 1 saturated heterocycles. The van der Waals surface area contributed by atoms with E-state index in [9.17, 15) is 9.59 Å². The van der Waals surface area contributed by atoms with Gasteiger partial charge >= 0.3 is 0 Å². The van der Waals surface area contributed by atoms with Crippen LogP contribution in [0.1, 0.15) is 35.7 Å². The van der Waals surface area contributed by atoms with E-state index in [1.54, 1.807) is 42.5 Å². The minimum absolute atomic E-state index is 0.152. The van der Waals surface area contributed by atoms with E-state index in [0.717, 1.165) is 18.4 Å². The fraction of sp³-hybridized carbons (Fsp3) is 0.273. The van der Waals surface area contributed by atoms with Gasteiger partial charge in [-0.2, -0.15) is 0 Å². The smallest absolute Gasteiger partial charge is 0.270 e. The number of hydrogen-bond acceptors (Lipinski definition) is 2. The average molecular weight is 383 g/mol. The zero-order valence-electron chi connectivity index (χ0n) is 15.3. The number of likely N-dealkylation sites (tertiary alicyclic amines) is 1. The standard InChI is InChI=1S/C22H23ClN2O2/c1-16-11-13-25(14-12-16)22(27)20(15-17-7-9-19(23)10-8-17)24-21(26)18-5-3-2-4-6-18/h2-10,15-16H,11-14H2,1H3,(H,24,26). The van der Waals surface area contributed by atoms with Crippen LogP contribution in [0.15, 0.2) is 60.3 Å². The Morgan fingerprint density at radius 1 is 1.04 bits per heavy atom. The van der Waals surface area contributed by atoms with Crippen LogP contribution in [0.4, 0.5) is 0 Å². The van der Waals surface area contributed by atoms with Crippen LogP contribution in [0.5, 0.6) is 0 Å². The zero-order chi connectivity index (χ0) is 19.2. The number of hydrogen-bond donors (Lipinski definition) is 1. The summed E-state index contributed by atoms with van der Waals surface area (Å²) in [6.45, 7) is 3.61. The number of rotatable bonds is 4. The van der Waals surface area contributed by atoms with Crippen LogP contribution >= 0.6 is 11.6 Å². The van der Waals surface area contributed by atoms with Gasteiger partial charge in [-0.3, -0.25) is 9.59 Å². The highest BCUT2D eigenvalue weighted by Gasteiger charge is 2.24. The second-order valence-corrected chi connectivity index (χ2v) is 7.34. The molecule has 140 valence electrons. The van der Waals surface area contributed by atoms with E-state index in [1.165, 1.54) is 0 Å². The SMILES string of the molecule is CC1CCN(C(=O)C(=Cc2ccc(Cl)cc2)NC(=O)c2ccccc2)CC1. The van der Waals surface area contributed by atoms with E-state index in [4.69, 9.17) is 11.6 Å². The fourth-order valence-corrected chi connectivity index (χ4v) is 3.17. The second kappa shape index (κ2) is 8.87. The topological polar surface area (TPSA) is 49.4 Å². The molecule has 0 saturated carbocycles.